The molecule has 0 aliphatic rings. The molecule has 3 rings (SSSR count). The minimum atomic E-state index is -0.429. The van der Waals surface area contributed by atoms with Crippen LogP contribution in [0.15, 0.2) is 42.6 Å². The van der Waals surface area contributed by atoms with Crippen LogP contribution in [0.1, 0.15) is 34.6 Å². The Morgan fingerprint density at radius 2 is 1.93 bits per heavy atom. The first-order valence-corrected chi connectivity index (χ1v) is 9.49. The monoisotopic (exact) mass is 392 g/mol. The van der Waals surface area contributed by atoms with Crippen LogP contribution in [0.4, 0.5) is 5.82 Å². The van der Waals surface area contributed by atoms with E-state index in [1.807, 2.05) is 37.3 Å². The molecule has 2 heterocycles. The highest BCUT2D eigenvalue weighted by atomic mass is 16.5. The van der Waals surface area contributed by atoms with E-state index in [1.54, 1.807) is 27.1 Å². The molecule has 0 bridgehead atoms. The second kappa shape index (κ2) is 8.68. The standard InChI is InChI=1S/C22H24N4O3/c1-5-23-20-19-16(17(13-24-20)22(28)29-6-2)10-11-18(25-19)14-8-7-9-15(12-14)21(27)26(3)4/h7-13H,5-6H2,1-4H3,(H,23,24). The minimum absolute atomic E-state index is 0.0766. The number of benzene rings is 1. The number of fused-ring (bicyclic) bond motifs is 1. The Hall–Kier alpha value is -3.48. The van der Waals surface area contributed by atoms with E-state index in [2.05, 4.69) is 10.3 Å². The highest BCUT2D eigenvalue weighted by Gasteiger charge is 2.17. The van der Waals surface area contributed by atoms with Gasteiger partial charge in [-0.1, -0.05) is 12.1 Å². The van der Waals surface area contributed by atoms with Crippen molar-refractivity contribution in [3.05, 3.63) is 53.7 Å². The van der Waals surface area contributed by atoms with Gasteiger partial charge in [0, 0.05) is 43.4 Å². The quantitative estimate of drug-likeness (QED) is 0.645. The van der Waals surface area contributed by atoms with Gasteiger partial charge in [-0.3, -0.25) is 4.79 Å². The Labute approximate surface area is 169 Å². The Balaban J connectivity index is 2.14. The first kappa shape index (κ1) is 20.3. The molecule has 0 radical (unpaired) electrons. The molecule has 29 heavy (non-hydrogen) atoms. The van der Waals surface area contributed by atoms with E-state index in [9.17, 15) is 9.59 Å². The number of esters is 1. The second-order valence-electron chi connectivity index (χ2n) is 6.64. The molecule has 0 aliphatic carbocycles. The number of carbonyl (C=O) groups is 2. The maximum Gasteiger partial charge on any atom is 0.340 e. The fraction of sp³-hybridized carbons (Fsp3) is 0.273. The minimum Gasteiger partial charge on any atom is -0.462 e. The van der Waals surface area contributed by atoms with Crippen molar-refractivity contribution in [2.75, 3.05) is 32.6 Å². The first-order valence-electron chi connectivity index (χ1n) is 9.49. The van der Waals surface area contributed by atoms with Gasteiger partial charge in [0.05, 0.1) is 17.9 Å². The Morgan fingerprint density at radius 3 is 2.62 bits per heavy atom. The Kier molecular flexibility index (Phi) is 6.07. The van der Waals surface area contributed by atoms with Gasteiger partial charge in [0.2, 0.25) is 0 Å². The van der Waals surface area contributed by atoms with Gasteiger partial charge in [0.25, 0.3) is 5.91 Å². The fourth-order valence-corrected chi connectivity index (χ4v) is 3.02. The zero-order valence-electron chi connectivity index (χ0n) is 17.0. The number of aromatic nitrogens is 2. The lowest BCUT2D eigenvalue weighted by Crippen LogP contribution is -2.21. The van der Waals surface area contributed by atoms with Crippen LogP contribution in [0.5, 0.6) is 0 Å². The fourth-order valence-electron chi connectivity index (χ4n) is 3.02. The molecule has 1 amide bonds. The molecule has 1 N–H and O–H groups in total. The average Bonchev–Trinajstić information content (AvgIpc) is 2.73. The van der Waals surface area contributed by atoms with E-state index in [0.29, 0.717) is 40.1 Å². The molecule has 0 unspecified atom stereocenters. The summed E-state index contributed by atoms with van der Waals surface area (Å²) in [6.45, 7) is 4.68. The predicted octanol–water partition coefficient (Wildman–Crippen LogP) is 3.61. The number of ether oxygens (including phenoxy) is 1. The zero-order valence-corrected chi connectivity index (χ0v) is 17.0. The van der Waals surface area contributed by atoms with Gasteiger partial charge in [0.15, 0.2) is 5.82 Å². The van der Waals surface area contributed by atoms with Crippen molar-refractivity contribution in [1.29, 1.82) is 0 Å². The van der Waals surface area contributed by atoms with Gasteiger partial charge in [-0.25, -0.2) is 14.8 Å². The largest absolute Gasteiger partial charge is 0.462 e. The van der Waals surface area contributed by atoms with Crippen LogP contribution in [-0.4, -0.2) is 54.0 Å². The lowest BCUT2D eigenvalue weighted by Gasteiger charge is -2.13. The van der Waals surface area contributed by atoms with Crippen LogP contribution >= 0.6 is 0 Å². The molecular formula is C22H24N4O3. The maximum atomic E-state index is 12.3. The van der Waals surface area contributed by atoms with Crippen LogP contribution in [0.2, 0.25) is 0 Å². The van der Waals surface area contributed by atoms with Gasteiger partial charge < -0.3 is 15.0 Å². The van der Waals surface area contributed by atoms with E-state index in [0.717, 1.165) is 5.56 Å². The summed E-state index contributed by atoms with van der Waals surface area (Å²) in [6.07, 6.45) is 1.51. The molecule has 3 aromatic rings. The highest BCUT2D eigenvalue weighted by molar-refractivity contribution is 6.06. The molecule has 0 saturated heterocycles. The predicted molar refractivity (Wildman–Crippen MR) is 113 cm³/mol. The third kappa shape index (κ3) is 4.18. The van der Waals surface area contributed by atoms with Crippen LogP contribution in [0, 0.1) is 0 Å². The highest BCUT2D eigenvalue weighted by Crippen LogP contribution is 2.28. The molecule has 7 heteroatoms. The van der Waals surface area contributed by atoms with Crippen LogP contribution in [0.25, 0.3) is 22.2 Å². The summed E-state index contributed by atoms with van der Waals surface area (Å²) in [7, 11) is 3.43. The molecule has 0 spiro atoms. The molecule has 0 saturated carbocycles. The number of hydrogen-bond acceptors (Lipinski definition) is 6. The molecule has 150 valence electrons. The number of hydrogen-bond donors (Lipinski definition) is 1. The maximum absolute atomic E-state index is 12.3. The summed E-state index contributed by atoms with van der Waals surface area (Å²) < 4.78 is 5.15. The van der Waals surface area contributed by atoms with Crippen LogP contribution < -0.4 is 5.32 Å². The number of pyridine rings is 2. The molecular weight excluding hydrogens is 368 g/mol. The molecule has 0 atom stereocenters. The van der Waals surface area contributed by atoms with Crippen molar-refractivity contribution in [1.82, 2.24) is 14.9 Å². The number of nitrogens with zero attached hydrogens (tertiary/aromatic N) is 3. The van der Waals surface area contributed by atoms with Gasteiger partial charge in [-0.2, -0.15) is 0 Å². The van der Waals surface area contributed by atoms with Crippen molar-refractivity contribution < 1.29 is 14.3 Å². The number of rotatable bonds is 6. The number of nitrogens with one attached hydrogen (secondary N) is 1. The summed E-state index contributed by atoms with van der Waals surface area (Å²) in [5, 5.41) is 3.85. The third-order valence-corrected chi connectivity index (χ3v) is 4.38. The Bertz CT molecular complexity index is 1060. The van der Waals surface area contributed by atoms with Crippen LogP contribution in [0.3, 0.4) is 0 Å². The van der Waals surface area contributed by atoms with E-state index >= 15 is 0 Å². The van der Waals surface area contributed by atoms with E-state index < -0.39 is 5.97 Å². The lowest BCUT2D eigenvalue weighted by atomic mass is 10.0. The van der Waals surface area contributed by atoms with Gasteiger partial charge >= 0.3 is 5.97 Å². The summed E-state index contributed by atoms with van der Waals surface area (Å²) in [6, 6.07) is 11.0. The molecule has 2 aromatic heterocycles. The number of amides is 1. The molecule has 0 aliphatic heterocycles. The topological polar surface area (TPSA) is 84.4 Å². The average molecular weight is 392 g/mol. The normalized spacial score (nSPS) is 10.6. The second-order valence-corrected chi connectivity index (χ2v) is 6.64. The molecule has 0 fully saturated rings. The summed E-state index contributed by atoms with van der Waals surface area (Å²) >= 11 is 0. The SMILES string of the molecule is CCNc1ncc(C(=O)OCC)c2ccc(-c3cccc(C(=O)N(C)C)c3)nc12. The van der Waals surface area contributed by atoms with Crippen LogP contribution in [-0.2, 0) is 4.74 Å². The van der Waals surface area contributed by atoms with Crippen molar-refractivity contribution in [3.8, 4) is 11.3 Å². The van der Waals surface area contributed by atoms with E-state index in [1.165, 1.54) is 11.1 Å². The van der Waals surface area contributed by atoms with Crippen molar-refractivity contribution >= 4 is 28.6 Å². The molecule has 1 aromatic carbocycles. The first-order chi connectivity index (χ1) is 14.0. The Morgan fingerprint density at radius 1 is 1.14 bits per heavy atom. The van der Waals surface area contributed by atoms with E-state index in [4.69, 9.17) is 9.72 Å². The van der Waals surface area contributed by atoms with E-state index in [-0.39, 0.29) is 12.5 Å². The van der Waals surface area contributed by atoms with Crippen molar-refractivity contribution in [2.45, 2.75) is 13.8 Å². The van der Waals surface area contributed by atoms with Gasteiger partial charge in [0.1, 0.15) is 5.52 Å². The van der Waals surface area contributed by atoms with Gasteiger partial charge in [-0.15, -0.1) is 0 Å². The molecule has 7 nitrogen and oxygen atoms in total. The number of anilines is 1. The summed E-state index contributed by atoms with van der Waals surface area (Å²) in [5.74, 6) is 0.0892. The summed E-state index contributed by atoms with van der Waals surface area (Å²) in [5.41, 5.74) is 3.04. The van der Waals surface area contributed by atoms with Crippen molar-refractivity contribution in [2.24, 2.45) is 0 Å². The lowest BCUT2D eigenvalue weighted by molar-refractivity contribution is 0.0528. The third-order valence-electron chi connectivity index (χ3n) is 4.38. The smallest absolute Gasteiger partial charge is 0.340 e. The van der Waals surface area contributed by atoms with Crippen molar-refractivity contribution in [3.63, 3.8) is 0 Å². The number of carbonyl (C=O) groups excluding carboxylic acids is 2. The van der Waals surface area contributed by atoms with Gasteiger partial charge in [-0.05, 0) is 38.1 Å². The summed E-state index contributed by atoms with van der Waals surface area (Å²) in [4.78, 5) is 35.3. The zero-order chi connectivity index (χ0) is 21.0.